The Morgan fingerprint density at radius 3 is 2.92 bits per heavy atom. The van der Waals surface area contributed by atoms with E-state index in [0.717, 1.165) is 10.9 Å². The lowest BCUT2D eigenvalue weighted by atomic mass is 10.1. The summed E-state index contributed by atoms with van der Waals surface area (Å²) in [6, 6.07) is 8.80. The monoisotopic (exact) mass is 324 g/mol. The van der Waals surface area contributed by atoms with Crippen LogP contribution in [0.1, 0.15) is 10.4 Å². The second-order valence-corrected chi connectivity index (χ2v) is 5.99. The molecule has 3 heterocycles. The highest BCUT2D eigenvalue weighted by Gasteiger charge is 2.40. The summed E-state index contributed by atoms with van der Waals surface area (Å²) in [6.45, 7) is 1.05. The van der Waals surface area contributed by atoms with Crippen LogP contribution >= 0.6 is 0 Å². The molecule has 1 N–H and O–H groups in total. The van der Waals surface area contributed by atoms with Crippen LogP contribution in [0.4, 0.5) is 0 Å². The van der Waals surface area contributed by atoms with E-state index in [1.165, 1.54) is 0 Å². The Hall–Kier alpha value is -2.96. The van der Waals surface area contributed by atoms with E-state index in [2.05, 4.69) is 10.3 Å². The predicted molar refractivity (Wildman–Crippen MR) is 86.2 cm³/mol. The van der Waals surface area contributed by atoms with Crippen LogP contribution in [0, 0.1) is 0 Å². The molecule has 0 aliphatic carbocycles. The van der Waals surface area contributed by atoms with Crippen molar-refractivity contribution >= 4 is 28.6 Å². The highest BCUT2D eigenvalue weighted by molar-refractivity contribution is 5.99. The topological polar surface area (TPSA) is 82.6 Å². The van der Waals surface area contributed by atoms with Crippen LogP contribution in [-0.2, 0) is 9.59 Å². The minimum atomic E-state index is -0.600. The largest absolute Gasteiger partial charge is 0.345 e. The summed E-state index contributed by atoms with van der Waals surface area (Å²) in [7, 11) is 0. The second-order valence-electron chi connectivity index (χ2n) is 5.99. The summed E-state index contributed by atoms with van der Waals surface area (Å²) in [4.78, 5) is 44.1. The first kappa shape index (κ1) is 14.6. The van der Waals surface area contributed by atoms with Gasteiger partial charge in [-0.25, -0.2) is 0 Å². The second kappa shape index (κ2) is 5.59. The molecule has 0 radical (unpaired) electrons. The van der Waals surface area contributed by atoms with E-state index in [1.54, 1.807) is 16.0 Å². The van der Waals surface area contributed by atoms with Crippen molar-refractivity contribution in [2.45, 2.75) is 6.04 Å². The van der Waals surface area contributed by atoms with Crippen molar-refractivity contribution in [1.82, 2.24) is 20.1 Å². The first-order valence-corrected chi connectivity index (χ1v) is 7.85. The Labute approximate surface area is 138 Å². The number of para-hydroxylation sites is 1. The number of benzene rings is 1. The molecule has 0 spiro atoms. The van der Waals surface area contributed by atoms with Gasteiger partial charge in [0.25, 0.3) is 5.91 Å². The van der Waals surface area contributed by atoms with E-state index in [4.69, 9.17) is 0 Å². The average molecular weight is 324 g/mol. The zero-order chi connectivity index (χ0) is 16.7. The van der Waals surface area contributed by atoms with Gasteiger partial charge < -0.3 is 15.1 Å². The predicted octanol–water partition coefficient (Wildman–Crippen LogP) is 0.0176. The van der Waals surface area contributed by atoms with Crippen molar-refractivity contribution < 1.29 is 14.4 Å². The van der Waals surface area contributed by atoms with Gasteiger partial charge in [0.1, 0.15) is 6.04 Å². The lowest BCUT2D eigenvalue weighted by Gasteiger charge is -2.42. The number of nitrogens with one attached hydrogen (secondary N) is 1. The van der Waals surface area contributed by atoms with E-state index in [-0.39, 0.29) is 30.8 Å². The Morgan fingerprint density at radius 1 is 1.21 bits per heavy atom. The summed E-state index contributed by atoms with van der Waals surface area (Å²) in [5, 5.41) is 3.47. The van der Waals surface area contributed by atoms with Gasteiger partial charge in [-0.15, -0.1) is 0 Å². The normalized spacial score (nSPS) is 20.8. The van der Waals surface area contributed by atoms with Gasteiger partial charge in [-0.05, 0) is 12.1 Å². The fourth-order valence-electron chi connectivity index (χ4n) is 3.24. The Balaban J connectivity index is 1.58. The minimum absolute atomic E-state index is 0.0396. The van der Waals surface area contributed by atoms with Gasteiger partial charge in [-0.2, -0.15) is 0 Å². The van der Waals surface area contributed by atoms with Gasteiger partial charge in [0, 0.05) is 24.7 Å². The van der Waals surface area contributed by atoms with Gasteiger partial charge in [-0.3, -0.25) is 19.4 Å². The molecule has 1 atom stereocenters. The molecule has 2 saturated heterocycles. The molecule has 1 aromatic carbocycles. The third-order valence-electron chi connectivity index (χ3n) is 4.54. The van der Waals surface area contributed by atoms with Crippen LogP contribution in [0.25, 0.3) is 10.9 Å². The van der Waals surface area contributed by atoms with E-state index in [0.29, 0.717) is 18.7 Å². The van der Waals surface area contributed by atoms with Gasteiger partial charge in [0.05, 0.1) is 24.2 Å². The zero-order valence-corrected chi connectivity index (χ0v) is 12.9. The maximum absolute atomic E-state index is 12.8. The Morgan fingerprint density at radius 2 is 2.04 bits per heavy atom. The number of nitrogens with zero attached hydrogens (tertiary/aromatic N) is 3. The van der Waals surface area contributed by atoms with Crippen molar-refractivity contribution in [3.05, 3.63) is 42.1 Å². The number of hydrogen-bond donors (Lipinski definition) is 1. The fraction of sp³-hybridized carbons (Fsp3) is 0.294. The molecule has 2 aromatic rings. The maximum atomic E-state index is 12.8. The standard InChI is InChI=1S/C17H16N4O3/c22-15-9-19-16(23)14-10-20(5-6-21(14)15)17(24)12-7-11-3-1-2-4-13(11)18-8-12/h1-4,7-8,14H,5-6,9-10H2,(H,19,23)/t14-/m1/s1. The molecular formula is C17H16N4O3. The van der Waals surface area contributed by atoms with Crippen molar-refractivity contribution in [1.29, 1.82) is 0 Å². The van der Waals surface area contributed by atoms with Crippen LogP contribution in [0.15, 0.2) is 36.5 Å². The molecule has 4 rings (SSSR count). The molecule has 2 fully saturated rings. The highest BCUT2D eigenvalue weighted by Crippen LogP contribution is 2.18. The number of rotatable bonds is 1. The maximum Gasteiger partial charge on any atom is 0.255 e. The van der Waals surface area contributed by atoms with Gasteiger partial charge >= 0.3 is 0 Å². The summed E-state index contributed by atoms with van der Waals surface area (Å²) in [6.07, 6.45) is 1.56. The molecule has 0 unspecified atom stereocenters. The van der Waals surface area contributed by atoms with Crippen molar-refractivity contribution in [2.24, 2.45) is 0 Å². The first-order chi connectivity index (χ1) is 11.6. The number of aromatic nitrogens is 1. The fourth-order valence-corrected chi connectivity index (χ4v) is 3.24. The lowest BCUT2D eigenvalue weighted by molar-refractivity contribution is -0.148. The summed E-state index contributed by atoms with van der Waals surface area (Å²) in [5.41, 5.74) is 1.32. The molecule has 0 saturated carbocycles. The zero-order valence-electron chi connectivity index (χ0n) is 12.9. The third kappa shape index (κ3) is 2.38. The lowest BCUT2D eigenvalue weighted by Crippen LogP contribution is -2.66. The third-order valence-corrected chi connectivity index (χ3v) is 4.54. The molecule has 2 aliphatic rings. The van der Waals surface area contributed by atoms with Crippen molar-refractivity contribution in [3.8, 4) is 0 Å². The molecular weight excluding hydrogens is 308 g/mol. The van der Waals surface area contributed by atoms with E-state index >= 15 is 0 Å². The molecule has 122 valence electrons. The Bertz CT molecular complexity index is 851. The molecule has 7 nitrogen and oxygen atoms in total. The molecule has 2 aliphatic heterocycles. The summed E-state index contributed by atoms with van der Waals surface area (Å²) < 4.78 is 0. The summed E-state index contributed by atoms with van der Waals surface area (Å²) in [5.74, 6) is -0.471. The minimum Gasteiger partial charge on any atom is -0.345 e. The molecule has 24 heavy (non-hydrogen) atoms. The van der Waals surface area contributed by atoms with E-state index in [1.807, 2.05) is 30.3 Å². The molecule has 0 bridgehead atoms. The number of carbonyl (C=O) groups excluding carboxylic acids is 3. The SMILES string of the molecule is O=C1NCC(=O)N2CCN(C(=O)c3cnc4ccccc4c3)C[C@H]12. The van der Waals surface area contributed by atoms with Crippen LogP contribution < -0.4 is 5.32 Å². The molecule has 7 heteroatoms. The quantitative estimate of drug-likeness (QED) is 0.801. The van der Waals surface area contributed by atoms with Crippen LogP contribution in [0.3, 0.4) is 0 Å². The van der Waals surface area contributed by atoms with Crippen LogP contribution in [0.5, 0.6) is 0 Å². The smallest absolute Gasteiger partial charge is 0.255 e. The van der Waals surface area contributed by atoms with Gasteiger partial charge in [0.15, 0.2) is 0 Å². The summed E-state index contributed by atoms with van der Waals surface area (Å²) >= 11 is 0. The highest BCUT2D eigenvalue weighted by atomic mass is 16.2. The number of fused-ring (bicyclic) bond motifs is 2. The van der Waals surface area contributed by atoms with Gasteiger partial charge in [-0.1, -0.05) is 18.2 Å². The number of carbonyl (C=O) groups is 3. The average Bonchev–Trinajstić information content (AvgIpc) is 2.63. The van der Waals surface area contributed by atoms with Crippen molar-refractivity contribution in [3.63, 3.8) is 0 Å². The van der Waals surface area contributed by atoms with Gasteiger partial charge in [0.2, 0.25) is 11.8 Å². The number of amides is 3. The molecule has 1 aromatic heterocycles. The van der Waals surface area contributed by atoms with E-state index < -0.39 is 6.04 Å². The number of piperazine rings is 2. The van der Waals surface area contributed by atoms with E-state index in [9.17, 15) is 14.4 Å². The van der Waals surface area contributed by atoms with Crippen LogP contribution in [-0.4, -0.2) is 64.7 Å². The van der Waals surface area contributed by atoms with Crippen LogP contribution in [0.2, 0.25) is 0 Å². The molecule has 3 amide bonds. The number of pyridine rings is 1. The number of hydrogen-bond acceptors (Lipinski definition) is 4. The first-order valence-electron chi connectivity index (χ1n) is 7.85. The van der Waals surface area contributed by atoms with Crippen molar-refractivity contribution in [2.75, 3.05) is 26.2 Å². The Kier molecular flexibility index (Phi) is 3.41.